The molecule has 0 unspecified atom stereocenters. The van der Waals surface area contributed by atoms with Crippen molar-refractivity contribution in [3.63, 3.8) is 0 Å². The Bertz CT molecular complexity index is 198. The molecule has 0 spiro atoms. The molecule has 0 N–H and O–H groups in total. The van der Waals surface area contributed by atoms with Crippen LogP contribution in [0.4, 0.5) is 0 Å². The van der Waals surface area contributed by atoms with Crippen LogP contribution >= 0.6 is 0 Å². The molecular formula is C7H12O4Si. The van der Waals surface area contributed by atoms with Gasteiger partial charge in [0, 0.05) is 7.11 Å². The summed E-state index contributed by atoms with van der Waals surface area (Å²) in [5.41, 5.74) is 0. The summed E-state index contributed by atoms with van der Waals surface area (Å²) in [6, 6.07) is 0. The average Bonchev–Trinajstić information content (AvgIpc) is 1.86. The molecule has 12 heavy (non-hydrogen) atoms. The Balaban J connectivity index is 5.19. The third-order valence-corrected chi connectivity index (χ3v) is 5.38. The number of hydrogen-bond acceptors (Lipinski definition) is 4. The molecule has 0 radical (unpaired) electrons. The summed E-state index contributed by atoms with van der Waals surface area (Å²) in [6.07, 6.45) is 0. The second-order valence-corrected chi connectivity index (χ2v) is 6.44. The van der Waals surface area contributed by atoms with Gasteiger partial charge in [0.2, 0.25) is 0 Å². The molecule has 0 aliphatic rings. The van der Waals surface area contributed by atoms with Crippen LogP contribution in [-0.2, 0) is 18.8 Å². The van der Waals surface area contributed by atoms with E-state index in [4.69, 9.17) is 4.43 Å². The highest BCUT2D eigenvalue weighted by Crippen LogP contribution is 2.08. The van der Waals surface area contributed by atoms with Crippen LogP contribution in [0.3, 0.4) is 0 Å². The molecule has 68 valence electrons. The van der Waals surface area contributed by atoms with E-state index in [9.17, 15) is 14.4 Å². The second kappa shape index (κ2) is 3.73. The summed E-state index contributed by atoms with van der Waals surface area (Å²) in [4.78, 5) is 33.2. The molecule has 0 aromatic carbocycles. The molecule has 5 heteroatoms. The predicted octanol–water partition coefficient (Wildman–Crippen LogP) is -0.0371. The molecule has 0 aliphatic heterocycles. The molecular weight excluding hydrogens is 176 g/mol. The van der Waals surface area contributed by atoms with E-state index in [0.717, 1.165) is 0 Å². The van der Waals surface area contributed by atoms with Crippen molar-refractivity contribution in [2.75, 3.05) is 7.11 Å². The van der Waals surface area contributed by atoms with E-state index < -0.39 is 24.5 Å². The van der Waals surface area contributed by atoms with Gasteiger partial charge in [0.15, 0.2) is 16.2 Å². The van der Waals surface area contributed by atoms with Crippen molar-refractivity contribution >= 4 is 24.5 Å². The Morgan fingerprint density at radius 1 is 0.917 bits per heavy atom. The number of carbonyl (C=O) groups is 3. The van der Waals surface area contributed by atoms with Gasteiger partial charge in [-0.1, -0.05) is 0 Å². The number of carbonyl (C=O) groups excluding carboxylic acids is 3. The Hall–Kier alpha value is -0.813. The van der Waals surface area contributed by atoms with Crippen molar-refractivity contribution in [1.82, 2.24) is 0 Å². The molecule has 0 bridgehead atoms. The minimum absolute atomic E-state index is 0.440. The van der Waals surface area contributed by atoms with Crippen LogP contribution in [0.2, 0.25) is 0 Å². The van der Waals surface area contributed by atoms with Crippen molar-refractivity contribution in [3.05, 3.63) is 0 Å². The highest BCUT2D eigenvalue weighted by atomic mass is 28.4. The van der Waals surface area contributed by atoms with Gasteiger partial charge in [-0.3, -0.25) is 0 Å². The quantitative estimate of drug-likeness (QED) is 0.581. The molecule has 0 rings (SSSR count). The van der Waals surface area contributed by atoms with E-state index in [1.54, 1.807) is 0 Å². The molecule has 0 aromatic heterocycles. The van der Waals surface area contributed by atoms with Gasteiger partial charge >= 0.3 is 8.32 Å². The van der Waals surface area contributed by atoms with E-state index in [-0.39, 0.29) is 0 Å². The van der Waals surface area contributed by atoms with Gasteiger partial charge in [0.25, 0.3) is 0 Å². The maximum Gasteiger partial charge on any atom is 0.400 e. The van der Waals surface area contributed by atoms with E-state index in [1.165, 1.54) is 27.9 Å². The summed E-state index contributed by atoms with van der Waals surface area (Å²) in [5.74, 6) is 0. The third kappa shape index (κ3) is 1.51. The Kier molecular flexibility index (Phi) is 3.48. The standard InChI is InChI=1S/C7H12O4Si/c1-5(8)12(11-4,6(2)9)7(3)10/h1-4H3. The Labute approximate surface area is 72.0 Å². The lowest BCUT2D eigenvalue weighted by molar-refractivity contribution is -0.120. The molecule has 4 nitrogen and oxygen atoms in total. The number of hydrogen-bond donors (Lipinski definition) is 0. The second-order valence-electron chi connectivity index (χ2n) is 2.55. The minimum atomic E-state index is -3.42. The zero-order chi connectivity index (χ0) is 9.94. The largest absolute Gasteiger partial charge is 0.403 e. The lowest BCUT2D eigenvalue weighted by atomic mass is 10.9. The van der Waals surface area contributed by atoms with E-state index in [2.05, 4.69) is 0 Å². The smallest absolute Gasteiger partial charge is 0.400 e. The van der Waals surface area contributed by atoms with Crippen LogP contribution in [0.25, 0.3) is 0 Å². The molecule has 0 amide bonds. The van der Waals surface area contributed by atoms with E-state index in [1.807, 2.05) is 0 Å². The summed E-state index contributed by atoms with van der Waals surface area (Å²) >= 11 is 0. The van der Waals surface area contributed by atoms with E-state index >= 15 is 0 Å². The highest BCUT2D eigenvalue weighted by molar-refractivity contribution is 7.36. The molecule has 0 saturated heterocycles. The summed E-state index contributed by atoms with van der Waals surface area (Å²) in [5, 5.41) is -1.32. The first kappa shape index (κ1) is 11.2. The van der Waals surface area contributed by atoms with Crippen LogP contribution in [0, 0.1) is 0 Å². The van der Waals surface area contributed by atoms with Gasteiger partial charge in [-0.2, -0.15) is 0 Å². The van der Waals surface area contributed by atoms with Gasteiger partial charge in [-0.25, -0.2) is 0 Å². The molecule has 0 fully saturated rings. The zero-order valence-electron chi connectivity index (χ0n) is 7.63. The fourth-order valence-electron chi connectivity index (χ4n) is 1.17. The SMILES string of the molecule is CO[Si](C(C)=O)(C(C)=O)C(C)=O. The topological polar surface area (TPSA) is 60.4 Å². The zero-order valence-corrected chi connectivity index (χ0v) is 8.63. The molecule has 0 aliphatic carbocycles. The normalized spacial score (nSPS) is 11.0. The lowest BCUT2D eigenvalue weighted by Crippen LogP contribution is -2.58. The van der Waals surface area contributed by atoms with Gasteiger partial charge in [0.05, 0.1) is 0 Å². The van der Waals surface area contributed by atoms with Crippen LogP contribution < -0.4 is 0 Å². The fraction of sp³-hybridized carbons (Fsp3) is 0.571. The first-order valence-electron chi connectivity index (χ1n) is 3.47. The van der Waals surface area contributed by atoms with Gasteiger partial charge in [0.1, 0.15) is 0 Å². The summed E-state index contributed by atoms with van der Waals surface area (Å²) in [7, 11) is -2.19. The number of rotatable bonds is 4. The molecule has 0 aromatic rings. The third-order valence-electron chi connectivity index (χ3n) is 1.79. The Morgan fingerprint density at radius 2 is 1.17 bits per heavy atom. The van der Waals surface area contributed by atoms with Gasteiger partial charge in [-0.15, -0.1) is 0 Å². The molecule has 0 heterocycles. The summed E-state index contributed by atoms with van der Waals surface area (Å²) in [6.45, 7) is 3.66. The van der Waals surface area contributed by atoms with Crippen molar-refractivity contribution in [2.45, 2.75) is 20.8 Å². The van der Waals surface area contributed by atoms with Crippen molar-refractivity contribution in [1.29, 1.82) is 0 Å². The van der Waals surface area contributed by atoms with Gasteiger partial charge in [-0.05, 0) is 20.8 Å². The maximum atomic E-state index is 11.1. The van der Waals surface area contributed by atoms with Crippen molar-refractivity contribution in [3.8, 4) is 0 Å². The molecule has 0 atom stereocenters. The van der Waals surface area contributed by atoms with Gasteiger partial charge < -0.3 is 18.8 Å². The van der Waals surface area contributed by atoms with Crippen LogP contribution in [0.5, 0.6) is 0 Å². The average molecular weight is 188 g/mol. The minimum Gasteiger partial charge on any atom is -0.403 e. The maximum absolute atomic E-state index is 11.1. The first-order chi connectivity index (χ1) is 5.39. The highest BCUT2D eigenvalue weighted by Gasteiger charge is 2.50. The predicted molar refractivity (Wildman–Crippen MR) is 44.8 cm³/mol. The lowest BCUT2D eigenvalue weighted by Gasteiger charge is -2.19. The fourth-order valence-corrected chi connectivity index (χ4v) is 3.52. The van der Waals surface area contributed by atoms with Crippen molar-refractivity contribution in [2.24, 2.45) is 0 Å². The van der Waals surface area contributed by atoms with Crippen molar-refractivity contribution < 1.29 is 18.8 Å². The van der Waals surface area contributed by atoms with Crippen LogP contribution in [0.1, 0.15) is 20.8 Å². The van der Waals surface area contributed by atoms with E-state index in [0.29, 0.717) is 0 Å². The molecule has 0 saturated carbocycles. The van der Waals surface area contributed by atoms with Crippen LogP contribution in [0.15, 0.2) is 0 Å². The monoisotopic (exact) mass is 188 g/mol. The Morgan fingerprint density at radius 3 is 1.17 bits per heavy atom. The van der Waals surface area contributed by atoms with Crippen LogP contribution in [-0.4, -0.2) is 31.6 Å². The summed E-state index contributed by atoms with van der Waals surface area (Å²) < 4.78 is 4.81. The first-order valence-corrected chi connectivity index (χ1v) is 5.38.